The van der Waals surface area contributed by atoms with Crippen LogP contribution in [0, 0.1) is 11.3 Å². The van der Waals surface area contributed by atoms with Gasteiger partial charge in [-0.3, -0.25) is 0 Å². The maximum atomic E-state index is 9.78. The van der Waals surface area contributed by atoms with Gasteiger partial charge in [-0.15, -0.1) is 0 Å². The van der Waals surface area contributed by atoms with Crippen LogP contribution in [-0.2, 0) is 0 Å². The van der Waals surface area contributed by atoms with Crippen molar-refractivity contribution >= 4 is 5.69 Å². The Hall–Kier alpha value is -1.53. The molecule has 0 fully saturated rings. The molecule has 0 radical (unpaired) electrons. The number of nitrogens with zero attached hydrogens (tertiary/aromatic N) is 2. The minimum atomic E-state index is -0.523. The third-order valence-corrected chi connectivity index (χ3v) is 2.88. The van der Waals surface area contributed by atoms with Crippen molar-refractivity contribution in [3.8, 4) is 6.07 Å². The second-order valence-corrected chi connectivity index (χ2v) is 4.44. The number of nitriles is 1. The van der Waals surface area contributed by atoms with Gasteiger partial charge in [0.15, 0.2) is 0 Å². The molecule has 0 aliphatic rings. The van der Waals surface area contributed by atoms with Crippen molar-refractivity contribution in [1.29, 1.82) is 5.26 Å². The smallest absolute Gasteiger partial charge is 0.0992 e. The summed E-state index contributed by atoms with van der Waals surface area (Å²) in [5.74, 6) is 0. The molecule has 0 aromatic heterocycles. The van der Waals surface area contributed by atoms with Crippen LogP contribution in [0.5, 0.6) is 0 Å². The monoisotopic (exact) mass is 232 g/mol. The number of aliphatic hydroxyl groups is 1. The maximum absolute atomic E-state index is 9.78. The second kappa shape index (κ2) is 5.70. The molecule has 1 aromatic carbocycles. The molecule has 1 rings (SSSR count). The lowest BCUT2D eigenvalue weighted by molar-refractivity contribution is 0.199. The van der Waals surface area contributed by atoms with Crippen LogP contribution in [0.25, 0.3) is 0 Å². The van der Waals surface area contributed by atoms with Crippen LogP contribution in [0.4, 0.5) is 5.69 Å². The molecule has 3 nitrogen and oxygen atoms in total. The van der Waals surface area contributed by atoms with Crippen molar-refractivity contribution < 1.29 is 5.11 Å². The van der Waals surface area contributed by atoms with E-state index in [0.717, 1.165) is 17.8 Å². The Balaban J connectivity index is 3.31. The molecule has 0 saturated carbocycles. The van der Waals surface area contributed by atoms with E-state index >= 15 is 0 Å². The highest BCUT2D eigenvalue weighted by atomic mass is 16.3. The lowest BCUT2D eigenvalue weighted by Crippen LogP contribution is -2.31. The molecule has 0 aliphatic heterocycles. The van der Waals surface area contributed by atoms with Crippen molar-refractivity contribution in [2.24, 2.45) is 0 Å². The van der Waals surface area contributed by atoms with Gasteiger partial charge in [-0.25, -0.2) is 0 Å². The van der Waals surface area contributed by atoms with E-state index < -0.39 is 6.10 Å². The summed E-state index contributed by atoms with van der Waals surface area (Å²) >= 11 is 0. The van der Waals surface area contributed by atoms with Gasteiger partial charge in [-0.2, -0.15) is 5.26 Å². The molecule has 0 heterocycles. The summed E-state index contributed by atoms with van der Waals surface area (Å²) in [5, 5.41) is 18.7. The summed E-state index contributed by atoms with van der Waals surface area (Å²) in [7, 11) is 0. The fraction of sp³-hybridized carbons (Fsp3) is 0.500. The third-order valence-electron chi connectivity index (χ3n) is 2.88. The largest absolute Gasteiger partial charge is 0.389 e. The van der Waals surface area contributed by atoms with Gasteiger partial charge in [0.1, 0.15) is 0 Å². The summed E-state index contributed by atoms with van der Waals surface area (Å²) < 4.78 is 0. The predicted octanol–water partition coefficient (Wildman–Crippen LogP) is 2.85. The van der Waals surface area contributed by atoms with E-state index in [2.05, 4.69) is 31.7 Å². The zero-order chi connectivity index (χ0) is 13.0. The molecule has 92 valence electrons. The van der Waals surface area contributed by atoms with E-state index in [1.165, 1.54) is 0 Å². The zero-order valence-electron chi connectivity index (χ0n) is 10.9. The average molecular weight is 232 g/mol. The quantitative estimate of drug-likeness (QED) is 0.868. The van der Waals surface area contributed by atoms with Gasteiger partial charge in [0.05, 0.1) is 17.7 Å². The minimum absolute atomic E-state index is 0.339. The van der Waals surface area contributed by atoms with Gasteiger partial charge in [-0.05, 0) is 39.8 Å². The summed E-state index contributed by atoms with van der Waals surface area (Å²) in [6.45, 7) is 8.89. The van der Waals surface area contributed by atoms with E-state index in [-0.39, 0.29) is 0 Å². The summed E-state index contributed by atoms with van der Waals surface area (Å²) in [6.07, 6.45) is -0.523. The van der Waals surface area contributed by atoms with Crippen molar-refractivity contribution in [3.05, 3.63) is 29.3 Å². The van der Waals surface area contributed by atoms with Crippen LogP contribution in [-0.4, -0.2) is 17.7 Å². The molecule has 1 atom stereocenters. The average Bonchev–Trinajstić information content (AvgIpc) is 2.29. The number of hydrogen-bond acceptors (Lipinski definition) is 3. The second-order valence-electron chi connectivity index (χ2n) is 4.44. The molecule has 0 unspecified atom stereocenters. The molecular formula is C14H20N2O. The molecule has 0 amide bonds. The van der Waals surface area contributed by atoms with Crippen molar-refractivity contribution in [1.82, 2.24) is 0 Å². The van der Waals surface area contributed by atoms with Gasteiger partial charge in [0.2, 0.25) is 0 Å². The Labute approximate surface area is 103 Å². The Bertz CT molecular complexity index is 419. The first kappa shape index (κ1) is 13.5. The highest BCUT2D eigenvalue weighted by Crippen LogP contribution is 2.28. The molecule has 3 heteroatoms. The normalized spacial score (nSPS) is 12.3. The Morgan fingerprint density at radius 3 is 2.41 bits per heavy atom. The van der Waals surface area contributed by atoms with E-state index in [9.17, 15) is 5.11 Å². The molecule has 0 saturated heterocycles. The molecule has 0 spiro atoms. The summed E-state index contributed by atoms with van der Waals surface area (Å²) in [4.78, 5) is 2.18. The van der Waals surface area contributed by atoms with Gasteiger partial charge in [-0.1, -0.05) is 6.07 Å². The first-order chi connectivity index (χ1) is 8.01. The van der Waals surface area contributed by atoms with E-state index in [4.69, 9.17) is 5.26 Å². The van der Waals surface area contributed by atoms with Crippen LogP contribution in [0.2, 0.25) is 0 Å². The summed E-state index contributed by atoms with van der Waals surface area (Å²) in [5.41, 5.74) is 2.46. The van der Waals surface area contributed by atoms with Crippen LogP contribution >= 0.6 is 0 Å². The molecule has 1 aromatic rings. The van der Waals surface area contributed by atoms with E-state index in [0.29, 0.717) is 11.6 Å². The first-order valence-electron chi connectivity index (χ1n) is 6.00. The van der Waals surface area contributed by atoms with E-state index in [1.54, 1.807) is 13.0 Å². The molecule has 1 N–H and O–H groups in total. The highest BCUT2D eigenvalue weighted by Gasteiger charge is 2.16. The highest BCUT2D eigenvalue weighted by molar-refractivity contribution is 5.59. The Morgan fingerprint density at radius 1 is 1.35 bits per heavy atom. The van der Waals surface area contributed by atoms with Gasteiger partial charge < -0.3 is 10.0 Å². The minimum Gasteiger partial charge on any atom is -0.389 e. The lowest BCUT2D eigenvalue weighted by Gasteiger charge is -2.30. The predicted molar refractivity (Wildman–Crippen MR) is 69.9 cm³/mol. The van der Waals surface area contributed by atoms with Crippen LogP contribution in [0.15, 0.2) is 18.2 Å². The molecular weight excluding hydrogens is 212 g/mol. The van der Waals surface area contributed by atoms with Crippen molar-refractivity contribution in [2.75, 3.05) is 11.4 Å². The van der Waals surface area contributed by atoms with Gasteiger partial charge in [0, 0.05) is 23.8 Å². The maximum Gasteiger partial charge on any atom is 0.0992 e. The van der Waals surface area contributed by atoms with E-state index in [1.807, 2.05) is 12.1 Å². The van der Waals surface area contributed by atoms with Gasteiger partial charge >= 0.3 is 0 Å². The Kier molecular flexibility index (Phi) is 4.53. The number of benzene rings is 1. The first-order valence-corrected chi connectivity index (χ1v) is 6.00. The number of aliphatic hydroxyl groups excluding tert-OH is 1. The van der Waals surface area contributed by atoms with Crippen molar-refractivity contribution in [3.63, 3.8) is 0 Å². The van der Waals surface area contributed by atoms with Crippen molar-refractivity contribution in [2.45, 2.75) is 39.8 Å². The third kappa shape index (κ3) is 2.98. The molecule has 17 heavy (non-hydrogen) atoms. The lowest BCUT2D eigenvalue weighted by atomic mass is 10.0. The van der Waals surface area contributed by atoms with Gasteiger partial charge in [0.25, 0.3) is 0 Å². The number of rotatable bonds is 4. The topological polar surface area (TPSA) is 47.3 Å². The molecule has 0 bridgehead atoms. The van der Waals surface area contributed by atoms with Crippen LogP contribution < -0.4 is 4.90 Å². The zero-order valence-corrected chi connectivity index (χ0v) is 10.9. The summed E-state index contributed by atoms with van der Waals surface area (Å²) in [6, 6.07) is 7.92. The van der Waals surface area contributed by atoms with Crippen LogP contribution in [0.1, 0.15) is 44.9 Å². The number of hydrogen-bond donors (Lipinski definition) is 1. The fourth-order valence-electron chi connectivity index (χ4n) is 2.03. The van der Waals surface area contributed by atoms with Crippen LogP contribution in [0.3, 0.4) is 0 Å². The SMILES string of the molecule is CCN(c1cc(C#N)ccc1[C@H](C)O)C(C)C. The molecule has 0 aliphatic carbocycles. The number of anilines is 1. The Morgan fingerprint density at radius 2 is 2.00 bits per heavy atom. The fourth-order valence-corrected chi connectivity index (χ4v) is 2.03. The standard InChI is InChI=1S/C14H20N2O/c1-5-16(10(2)3)14-8-12(9-15)6-7-13(14)11(4)17/h6-8,10-11,17H,5H2,1-4H3/t11-/m0/s1.